The van der Waals surface area contributed by atoms with Gasteiger partial charge in [0.15, 0.2) is 0 Å². The molecule has 0 saturated carbocycles. The molecule has 0 bridgehead atoms. The maximum Gasteiger partial charge on any atom is 0.313 e. The molecule has 1 N–H and O–H groups in total. The third kappa shape index (κ3) is 5.13. The van der Waals surface area contributed by atoms with Crippen molar-refractivity contribution in [1.82, 2.24) is 4.90 Å². The minimum absolute atomic E-state index is 0.511. The van der Waals surface area contributed by atoms with Crippen LogP contribution in [0.3, 0.4) is 0 Å². The molecule has 0 aromatic heterocycles. The summed E-state index contributed by atoms with van der Waals surface area (Å²) in [5.74, 6) is -1.11. The summed E-state index contributed by atoms with van der Waals surface area (Å²) in [7, 11) is 1.65. The Hall–Kier alpha value is -2.27. The van der Waals surface area contributed by atoms with Crippen molar-refractivity contribution in [3.63, 3.8) is 0 Å². The zero-order valence-corrected chi connectivity index (χ0v) is 14.8. The molecule has 0 atom stereocenters. The third-order valence-corrected chi connectivity index (χ3v) is 4.58. The lowest BCUT2D eigenvalue weighted by atomic mass is 10.3. The number of hydrogen-bond acceptors (Lipinski definition) is 3. The molecule has 0 aliphatic rings. The van der Waals surface area contributed by atoms with Gasteiger partial charge in [0, 0.05) is 23.4 Å². The van der Waals surface area contributed by atoms with E-state index in [2.05, 4.69) is 12.2 Å². The van der Waals surface area contributed by atoms with E-state index in [4.69, 9.17) is 0 Å². The molecule has 4 nitrogen and oxygen atoms in total. The van der Waals surface area contributed by atoms with Crippen LogP contribution in [0.1, 0.15) is 19.8 Å². The molecule has 0 fully saturated rings. The molecule has 24 heavy (non-hydrogen) atoms. The van der Waals surface area contributed by atoms with Crippen LogP contribution < -0.4 is 5.32 Å². The fourth-order valence-corrected chi connectivity index (χ4v) is 3.04. The molecule has 0 aliphatic carbocycles. The lowest BCUT2D eigenvalue weighted by Gasteiger charge is -2.17. The van der Waals surface area contributed by atoms with E-state index in [-0.39, 0.29) is 0 Å². The Morgan fingerprint density at radius 1 is 1.04 bits per heavy atom. The van der Waals surface area contributed by atoms with E-state index in [0.29, 0.717) is 12.2 Å². The van der Waals surface area contributed by atoms with E-state index in [9.17, 15) is 9.59 Å². The van der Waals surface area contributed by atoms with E-state index in [1.807, 2.05) is 54.6 Å². The van der Waals surface area contributed by atoms with Crippen LogP contribution in [0.5, 0.6) is 0 Å². The number of carbonyl (C=O) groups is 2. The smallest absolute Gasteiger partial charge is 0.313 e. The van der Waals surface area contributed by atoms with E-state index in [0.717, 1.165) is 22.6 Å². The lowest BCUT2D eigenvalue weighted by molar-refractivity contribution is -0.142. The zero-order chi connectivity index (χ0) is 17.4. The van der Waals surface area contributed by atoms with E-state index >= 15 is 0 Å². The summed E-state index contributed by atoms with van der Waals surface area (Å²) in [6, 6.07) is 17.4. The summed E-state index contributed by atoms with van der Waals surface area (Å²) < 4.78 is 0. The molecule has 0 heterocycles. The number of carbonyl (C=O) groups excluding carboxylic acids is 2. The molecule has 2 amide bonds. The molecular formula is C19H22N2O2S. The lowest BCUT2D eigenvalue weighted by Crippen LogP contribution is -2.37. The first-order valence-electron chi connectivity index (χ1n) is 8.00. The highest BCUT2D eigenvalue weighted by molar-refractivity contribution is 7.99. The van der Waals surface area contributed by atoms with Crippen molar-refractivity contribution in [1.29, 1.82) is 0 Å². The number of para-hydroxylation sites is 1. The normalized spacial score (nSPS) is 10.2. The van der Waals surface area contributed by atoms with Gasteiger partial charge in [0.2, 0.25) is 0 Å². The van der Waals surface area contributed by atoms with Gasteiger partial charge in [0.25, 0.3) is 0 Å². The number of hydrogen-bond donors (Lipinski definition) is 1. The fourth-order valence-electron chi connectivity index (χ4n) is 2.12. The summed E-state index contributed by atoms with van der Waals surface area (Å²) in [5.41, 5.74) is 0.647. The Labute approximate surface area is 147 Å². The van der Waals surface area contributed by atoms with E-state index < -0.39 is 11.8 Å². The molecule has 126 valence electrons. The topological polar surface area (TPSA) is 49.4 Å². The molecule has 2 aromatic carbocycles. The largest absolute Gasteiger partial charge is 0.338 e. The van der Waals surface area contributed by atoms with Gasteiger partial charge in [-0.25, -0.2) is 0 Å². The fraction of sp³-hybridized carbons (Fsp3) is 0.263. The number of anilines is 1. The van der Waals surface area contributed by atoms with Crippen LogP contribution in [0.2, 0.25) is 0 Å². The van der Waals surface area contributed by atoms with Crippen LogP contribution >= 0.6 is 11.8 Å². The Bertz CT molecular complexity index is 689. The molecular weight excluding hydrogens is 320 g/mol. The van der Waals surface area contributed by atoms with E-state index in [1.54, 1.807) is 18.8 Å². The van der Waals surface area contributed by atoms with Gasteiger partial charge in [-0.1, -0.05) is 55.4 Å². The Balaban J connectivity index is 2.07. The van der Waals surface area contributed by atoms with Gasteiger partial charge in [-0.3, -0.25) is 9.59 Å². The van der Waals surface area contributed by atoms with Gasteiger partial charge in [0.1, 0.15) is 0 Å². The molecule has 5 heteroatoms. The van der Waals surface area contributed by atoms with Crippen LogP contribution in [0.15, 0.2) is 64.4 Å². The minimum Gasteiger partial charge on any atom is -0.338 e. The van der Waals surface area contributed by atoms with Crippen molar-refractivity contribution in [3.8, 4) is 0 Å². The molecule has 2 rings (SSSR count). The second-order valence-corrected chi connectivity index (χ2v) is 6.56. The van der Waals surface area contributed by atoms with Crippen molar-refractivity contribution in [2.45, 2.75) is 29.6 Å². The average molecular weight is 342 g/mol. The molecule has 0 radical (unpaired) electrons. The quantitative estimate of drug-likeness (QED) is 0.806. The number of likely N-dealkylation sites (N-methyl/N-ethyl adjacent to an activating group) is 1. The molecule has 2 aromatic rings. The summed E-state index contributed by atoms with van der Waals surface area (Å²) in [5, 5.41) is 2.74. The third-order valence-electron chi connectivity index (χ3n) is 3.49. The maximum absolute atomic E-state index is 12.2. The second-order valence-electron chi connectivity index (χ2n) is 5.45. The zero-order valence-electron chi connectivity index (χ0n) is 14.0. The number of amides is 2. The predicted molar refractivity (Wildman–Crippen MR) is 98.2 cm³/mol. The van der Waals surface area contributed by atoms with Crippen molar-refractivity contribution in [3.05, 3.63) is 54.6 Å². The van der Waals surface area contributed by atoms with Crippen LogP contribution in [0.4, 0.5) is 5.69 Å². The predicted octanol–water partition coefficient (Wildman–Crippen LogP) is 4.03. The molecule has 0 unspecified atom stereocenters. The van der Waals surface area contributed by atoms with Gasteiger partial charge in [-0.05, 0) is 30.7 Å². The number of unbranched alkanes of at least 4 members (excludes halogenated alkanes) is 1. The average Bonchev–Trinajstić information content (AvgIpc) is 2.61. The van der Waals surface area contributed by atoms with Crippen LogP contribution in [0.25, 0.3) is 0 Å². The number of benzene rings is 2. The van der Waals surface area contributed by atoms with Crippen molar-refractivity contribution in [2.24, 2.45) is 0 Å². The van der Waals surface area contributed by atoms with Gasteiger partial charge < -0.3 is 10.2 Å². The van der Waals surface area contributed by atoms with Gasteiger partial charge in [0.05, 0.1) is 5.69 Å². The van der Waals surface area contributed by atoms with Gasteiger partial charge in [-0.2, -0.15) is 0 Å². The molecule has 0 spiro atoms. The van der Waals surface area contributed by atoms with Crippen molar-refractivity contribution >= 4 is 29.3 Å². The van der Waals surface area contributed by atoms with Gasteiger partial charge >= 0.3 is 11.8 Å². The highest BCUT2D eigenvalue weighted by atomic mass is 32.2. The number of rotatable bonds is 6. The first-order valence-corrected chi connectivity index (χ1v) is 8.82. The highest BCUT2D eigenvalue weighted by Crippen LogP contribution is 2.33. The standard InChI is InChI=1S/C19H22N2O2S/c1-3-4-14-21(2)19(23)18(22)20-16-12-8-9-13-17(16)24-15-10-6-5-7-11-15/h5-13H,3-4,14H2,1-2H3,(H,20,22). The Morgan fingerprint density at radius 3 is 2.42 bits per heavy atom. The van der Waals surface area contributed by atoms with Crippen molar-refractivity contribution in [2.75, 3.05) is 18.9 Å². The summed E-state index contributed by atoms with van der Waals surface area (Å²) in [4.78, 5) is 27.8. The Morgan fingerprint density at radius 2 is 1.71 bits per heavy atom. The second kappa shape index (κ2) is 9.13. The monoisotopic (exact) mass is 342 g/mol. The summed E-state index contributed by atoms with van der Waals surface area (Å²) in [6.07, 6.45) is 1.87. The Kier molecular flexibility index (Phi) is 6.88. The van der Waals surface area contributed by atoms with Crippen LogP contribution in [0, 0.1) is 0 Å². The SMILES string of the molecule is CCCCN(C)C(=O)C(=O)Nc1ccccc1Sc1ccccc1. The minimum atomic E-state index is -0.602. The van der Waals surface area contributed by atoms with Crippen molar-refractivity contribution < 1.29 is 9.59 Å². The van der Waals surface area contributed by atoms with Gasteiger partial charge in [-0.15, -0.1) is 0 Å². The first kappa shape index (κ1) is 18.1. The van der Waals surface area contributed by atoms with Crippen LogP contribution in [-0.2, 0) is 9.59 Å². The van der Waals surface area contributed by atoms with E-state index in [1.165, 1.54) is 4.90 Å². The number of nitrogens with one attached hydrogen (secondary N) is 1. The van der Waals surface area contributed by atoms with Crippen LogP contribution in [-0.4, -0.2) is 30.3 Å². The molecule has 0 aliphatic heterocycles. The number of nitrogens with zero attached hydrogens (tertiary/aromatic N) is 1. The maximum atomic E-state index is 12.2. The summed E-state index contributed by atoms with van der Waals surface area (Å²) in [6.45, 7) is 2.64. The first-order chi connectivity index (χ1) is 11.6. The molecule has 0 saturated heterocycles. The highest BCUT2D eigenvalue weighted by Gasteiger charge is 2.19. The summed E-state index contributed by atoms with van der Waals surface area (Å²) >= 11 is 1.55.